The number of carbonyl (C=O) groups excluding carboxylic acids is 1. The fourth-order valence-corrected chi connectivity index (χ4v) is 5.84. The summed E-state index contributed by atoms with van der Waals surface area (Å²) in [5.74, 6) is 1.38. The van der Waals surface area contributed by atoms with Gasteiger partial charge in [-0.25, -0.2) is 14.4 Å². The maximum absolute atomic E-state index is 14.2. The van der Waals surface area contributed by atoms with Crippen molar-refractivity contribution in [1.82, 2.24) is 24.8 Å². The summed E-state index contributed by atoms with van der Waals surface area (Å²) in [6.07, 6.45) is 7.48. The Hall–Kier alpha value is -4.57. The number of amides is 1. The Bertz CT molecular complexity index is 1630. The number of nitrogens with zero attached hydrogens (tertiary/aromatic N) is 6. The molecule has 234 valence electrons. The molecule has 2 aliphatic rings. The first-order valence-corrected chi connectivity index (χ1v) is 15.5. The van der Waals surface area contributed by atoms with E-state index >= 15 is 0 Å². The van der Waals surface area contributed by atoms with Crippen molar-refractivity contribution in [2.75, 3.05) is 31.6 Å². The number of hydrogen-bond acceptors (Lipinski definition) is 8. The van der Waals surface area contributed by atoms with Gasteiger partial charge in [0.1, 0.15) is 29.7 Å². The summed E-state index contributed by atoms with van der Waals surface area (Å²) in [5, 5.41) is 0. The summed E-state index contributed by atoms with van der Waals surface area (Å²) in [7, 11) is 1.69. The Balaban J connectivity index is 1.12. The van der Waals surface area contributed by atoms with Crippen LogP contribution in [0, 0.1) is 5.82 Å². The van der Waals surface area contributed by atoms with Gasteiger partial charge in [0.2, 0.25) is 0 Å². The number of fused-ring (bicyclic) bond motifs is 1. The number of aromatic nitrogens is 3. The molecular weight excluding hydrogens is 571 g/mol. The molecule has 1 fully saturated rings. The number of rotatable bonds is 9. The minimum atomic E-state index is -0.506. The molecule has 45 heavy (non-hydrogen) atoms. The van der Waals surface area contributed by atoms with Gasteiger partial charge in [0, 0.05) is 82.5 Å². The fourth-order valence-electron chi connectivity index (χ4n) is 5.84. The van der Waals surface area contributed by atoms with Crippen molar-refractivity contribution in [3.8, 4) is 17.2 Å². The van der Waals surface area contributed by atoms with Crippen LogP contribution < -0.4 is 14.4 Å². The van der Waals surface area contributed by atoms with Crippen LogP contribution in [-0.2, 0) is 19.5 Å². The van der Waals surface area contributed by atoms with Crippen molar-refractivity contribution >= 4 is 11.7 Å². The molecule has 2 aromatic carbocycles. The summed E-state index contributed by atoms with van der Waals surface area (Å²) < 4.78 is 27.0. The molecule has 0 spiro atoms. The zero-order valence-corrected chi connectivity index (χ0v) is 26.0. The van der Waals surface area contributed by atoms with E-state index < -0.39 is 5.82 Å². The van der Waals surface area contributed by atoms with E-state index in [0.29, 0.717) is 24.7 Å². The van der Waals surface area contributed by atoms with Crippen molar-refractivity contribution in [3.05, 3.63) is 102 Å². The Morgan fingerprint density at radius 3 is 2.60 bits per heavy atom. The molecule has 9 nitrogen and oxygen atoms in total. The van der Waals surface area contributed by atoms with E-state index in [0.717, 1.165) is 50.3 Å². The van der Waals surface area contributed by atoms with Gasteiger partial charge in [-0.1, -0.05) is 30.3 Å². The Morgan fingerprint density at radius 1 is 1.02 bits per heavy atom. The SMILES string of the molecule is CC(C)N(C)C(=O)c1cc(F)ccc1Oc1cncnc1N1CCC(Oc2ccnc3c2CN(Cc2ccccc2)CC3)CC1. The maximum atomic E-state index is 14.2. The lowest BCUT2D eigenvalue weighted by atomic mass is 10.0. The molecule has 0 atom stereocenters. The molecule has 1 saturated heterocycles. The van der Waals surface area contributed by atoms with Gasteiger partial charge in [-0.15, -0.1) is 0 Å². The molecule has 0 unspecified atom stereocenters. The van der Waals surface area contributed by atoms with E-state index in [9.17, 15) is 9.18 Å². The summed E-state index contributed by atoms with van der Waals surface area (Å²) in [5.41, 5.74) is 3.76. The van der Waals surface area contributed by atoms with Gasteiger partial charge in [-0.3, -0.25) is 14.7 Å². The highest BCUT2D eigenvalue weighted by atomic mass is 19.1. The fraction of sp³-hybridized carbons (Fsp3) is 0.371. The quantitative estimate of drug-likeness (QED) is 0.232. The van der Waals surface area contributed by atoms with E-state index in [4.69, 9.17) is 9.47 Å². The van der Waals surface area contributed by atoms with Gasteiger partial charge < -0.3 is 19.3 Å². The van der Waals surface area contributed by atoms with E-state index in [-0.39, 0.29) is 29.4 Å². The van der Waals surface area contributed by atoms with Crippen LogP contribution >= 0.6 is 0 Å². The van der Waals surface area contributed by atoms with Gasteiger partial charge in [0.15, 0.2) is 11.6 Å². The van der Waals surface area contributed by atoms with Crippen molar-refractivity contribution < 1.29 is 18.7 Å². The third-order valence-corrected chi connectivity index (χ3v) is 8.58. The van der Waals surface area contributed by atoms with Crippen LogP contribution in [0.25, 0.3) is 0 Å². The van der Waals surface area contributed by atoms with Crippen molar-refractivity contribution in [1.29, 1.82) is 0 Å². The number of piperidine rings is 1. The number of pyridine rings is 1. The molecule has 0 saturated carbocycles. The highest BCUT2D eigenvalue weighted by molar-refractivity contribution is 5.97. The largest absolute Gasteiger partial charge is 0.490 e. The Kier molecular flexibility index (Phi) is 9.21. The van der Waals surface area contributed by atoms with Crippen LogP contribution in [0.3, 0.4) is 0 Å². The van der Waals surface area contributed by atoms with Crippen LogP contribution in [-0.4, -0.2) is 69.5 Å². The first-order valence-electron chi connectivity index (χ1n) is 15.5. The molecule has 2 aliphatic heterocycles. The molecule has 0 radical (unpaired) electrons. The first kappa shape index (κ1) is 30.5. The van der Waals surface area contributed by atoms with Gasteiger partial charge in [-0.2, -0.15) is 0 Å². The lowest BCUT2D eigenvalue weighted by Gasteiger charge is -2.35. The number of carbonyl (C=O) groups is 1. The van der Waals surface area contributed by atoms with E-state index in [1.54, 1.807) is 18.1 Å². The average Bonchev–Trinajstić information content (AvgIpc) is 3.06. The van der Waals surface area contributed by atoms with E-state index in [1.807, 2.05) is 32.2 Å². The standard InChI is InChI=1S/C35H39FN6O3/c1-24(2)40(3)35(43)28-19-26(36)9-10-31(28)45-33-20-37-23-39-34(33)42-17-12-27(13-18-42)44-32-11-15-38-30-14-16-41(22-29(30)32)21-25-7-5-4-6-8-25/h4-11,15,19-20,23-24,27H,12-14,16-18,21-22H2,1-3H3. The van der Waals surface area contributed by atoms with Crippen LogP contribution in [0.2, 0.25) is 0 Å². The normalized spacial score (nSPS) is 15.5. The summed E-state index contributed by atoms with van der Waals surface area (Å²) in [6.45, 7) is 7.90. The predicted molar refractivity (Wildman–Crippen MR) is 170 cm³/mol. The third kappa shape index (κ3) is 7.06. The molecule has 0 aliphatic carbocycles. The lowest BCUT2D eigenvalue weighted by molar-refractivity contribution is 0.0751. The van der Waals surface area contributed by atoms with Crippen molar-refractivity contribution in [3.63, 3.8) is 0 Å². The smallest absolute Gasteiger partial charge is 0.257 e. The highest BCUT2D eigenvalue weighted by Gasteiger charge is 2.28. The van der Waals surface area contributed by atoms with Gasteiger partial charge >= 0.3 is 0 Å². The van der Waals surface area contributed by atoms with Crippen molar-refractivity contribution in [2.45, 2.75) is 58.3 Å². The third-order valence-electron chi connectivity index (χ3n) is 8.58. The van der Waals surface area contributed by atoms with E-state index in [1.165, 1.54) is 35.7 Å². The van der Waals surface area contributed by atoms with Gasteiger partial charge in [0.25, 0.3) is 5.91 Å². The topological polar surface area (TPSA) is 83.9 Å². The second-order valence-electron chi connectivity index (χ2n) is 11.9. The first-order chi connectivity index (χ1) is 21.9. The predicted octanol–water partition coefficient (Wildman–Crippen LogP) is 5.89. The second kappa shape index (κ2) is 13.6. The molecule has 2 aromatic heterocycles. The summed E-state index contributed by atoms with van der Waals surface area (Å²) >= 11 is 0. The number of ether oxygens (including phenoxy) is 2. The average molecular weight is 611 g/mol. The van der Waals surface area contributed by atoms with Gasteiger partial charge in [-0.05, 0) is 43.7 Å². The molecule has 0 bridgehead atoms. The van der Waals surface area contributed by atoms with Gasteiger partial charge in [0.05, 0.1) is 11.8 Å². The summed E-state index contributed by atoms with van der Waals surface area (Å²) in [6, 6.07) is 16.5. The minimum Gasteiger partial charge on any atom is -0.490 e. The Labute approximate surface area is 263 Å². The molecule has 4 heterocycles. The van der Waals surface area contributed by atoms with E-state index in [2.05, 4.69) is 49.0 Å². The zero-order valence-electron chi connectivity index (χ0n) is 26.0. The molecule has 0 N–H and O–H groups in total. The second-order valence-corrected chi connectivity index (χ2v) is 11.9. The molecule has 6 rings (SSSR count). The van der Waals surface area contributed by atoms with Crippen LogP contribution in [0.1, 0.15) is 53.9 Å². The van der Waals surface area contributed by atoms with Crippen LogP contribution in [0.15, 0.2) is 73.3 Å². The highest BCUT2D eigenvalue weighted by Crippen LogP contribution is 2.35. The Morgan fingerprint density at radius 2 is 1.82 bits per heavy atom. The van der Waals surface area contributed by atoms with Crippen LogP contribution in [0.4, 0.5) is 10.2 Å². The number of anilines is 1. The minimum absolute atomic E-state index is 0.0522. The summed E-state index contributed by atoms with van der Waals surface area (Å²) in [4.78, 5) is 32.6. The maximum Gasteiger partial charge on any atom is 0.257 e. The number of benzene rings is 2. The molecular formula is C35H39FN6O3. The zero-order chi connectivity index (χ0) is 31.3. The van der Waals surface area contributed by atoms with Crippen LogP contribution in [0.5, 0.6) is 17.2 Å². The number of hydrogen-bond donors (Lipinski definition) is 0. The molecule has 10 heteroatoms. The monoisotopic (exact) mass is 610 g/mol. The lowest BCUT2D eigenvalue weighted by Crippen LogP contribution is -2.39. The van der Waals surface area contributed by atoms with Crippen molar-refractivity contribution in [2.24, 2.45) is 0 Å². The molecule has 1 amide bonds. The number of halogens is 1. The molecule has 4 aromatic rings.